The molecule has 86 valence electrons. The molecule has 0 saturated heterocycles. The third-order valence-corrected chi connectivity index (χ3v) is 3.39. The fraction of sp³-hybridized carbons (Fsp3) is 0.467. The summed E-state index contributed by atoms with van der Waals surface area (Å²) in [7, 11) is 0. The van der Waals surface area contributed by atoms with Crippen molar-refractivity contribution in [1.82, 2.24) is 5.32 Å². The molecule has 2 atom stereocenters. The Bertz CT molecular complexity index is 329. The van der Waals surface area contributed by atoms with Gasteiger partial charge in [0.25, 0.3) is 0 Å². The van der Waals surface area contributed by atoms with E-state index in [1.54, 1.807) is 0 Å². The van der Waals surface area contributed by atoms with E-state index in [1.807, 2.05) is 0 Å². The Morgan fingerprint density at radius 3 is 2.75 bits per heavy atom. The standard InChI is InChI=1S/C15H21N/c1-13(15-10-6-3-7-11-15)16-12-14-8-4-2-5-9-14/h2-4,6-7,10-11,13-14,16H,5,8-9,12H2,1H3/t13-,14?/m0/s1. The Morgan fingerprint density at radius 1 is 1.25 bits per heavy atom. The third-order valence-electron chi connectivity index (χ3n) is 3.39. The summed E-state index contributed by atoms with van der Waals surface area (Å²) >= 11 is 0. The molecule has 0 saturated carbocycles. The molecule has 0 amide bonds. The van der Waals surface area contributed by atoms with Crippen LogP contribution in [0.1, 0.15) is 37.8 Å². The van der Waals surface area contributed by atoms with Gasteiger partial charge in [0.2, 0.25) is 0 Å². The number of nitrogens with one attached hydrogen (secondary N) is 1. The monoisotopic (exact) mass is 215 g/mol. The minimum absolute atomic E-state index is 0.465. The molecule has 1 aliphatic carbocycles. The van der Waals surface area contributed by atoms with E-state index in [0.29, 0.717) is 6.04 Å². The van der Waals surface area contributed by atoms with Crippen LogP contribution in [0.25, 0.3) is 0 Å². The molecular weight excluding hydrogens is 194 g/mol. The third kappa shape index (κ3) is 3.21. The van der Waals surface area contributed by atoms with Gasteiger partial charge in [-0.15, -0.1) is 0 Å². The van der Waals surface area contributed by atoms with E-state index >= 15 is 0 Å². The Kier molecular flexibility index (Phi) is 4.17. The fourth-order valence-electron chi connectivity index (χ4n) is 2.24. The second kappa shape index (κ2) is 5.86. The van der Waals surface area contributed by atoms with Crippen LogP contribution < -0.4 is 5.32 Å². The molecule has 1 unspecified atom stereocenters. The van der Waals surface area contributed by atoms with Crippen molar-refractivity contribution in [2.24, 2.45) is 5.92 Å². The van der Waals surface area contributed by atoms with Gasteiger partial charge in [0, 0.05) is 6.04 Å². The van der Waals surface area contributed by atoms with Crippen LogP contribution in [0.4, 0.5) is 0 Å². The van der Waals surface area contributed by atoms with E-state index in [9.17, 15) is 0 Å². The molecule has 16 heavy (non-hydrogen) atoms. The van der Waals surface area contributed by atoms with Gasteiger partial charge < -0.3 is 5.32 Å². The molecule has 0 radical (unpaired) electrons. The van der Waals surface area contributed by atoms with Gasteiger partial charge in [0.05, 0.1) is 0 Å². The first-order valence-electron chi connectivity index (χ1n) is 6.29. The van der Waals surface area contributed by atoms with E-state index < -0.39 is 0 Å². The molecule has 2 rings (SSSR count). The molecule has 1 aromatic rings. The lowest BCUT2D eigenvalue weighted by molar-refractivity contribution is 0.415. The highest BCUT2D eigenvalue weighted by molar-refractivity contribution is 5.18. The highest BCUT2D eigenvalue weighted by Gasteiger charge is 2.11. The van der Waals surface area contributed by atoms with Crippen LogP contribution in [0.2, 0.25) is 0 Å². The van der Waals surface area contributed by atoms with Gasteiger partial charge in [-0.1, -0.05) is 42.5 Å². The Morgan fingerprint density at radius 2 is 2.06 bits per heavy atom. The topological polar surface area (TPSA) is 12.0 Å². The van der Waals surface area contributed by atoms with Gasteiger partial charge >= 0.3 is 0 Å². The molecule has 1 nitrogen and oxygen atoms in total. The Balaban J connectivity index is 1.79. The quantitative estimate of drug-likeness (QED) is 0.755. The normalized spacial score (nSPS) is 21.9. The summed E-state index contributed by atoms with van der Waals surface area (Å²) in [6.45, 7) is 3.38. The molecule has 0 aliphatic heterocycles. The van der Waals surface area contributed by atoms with E-state index in [1.165, 1.54) is 24.8 Å². The van der Waals surface area contributed by atoms with Crippen molar-refractivity contribution in [3.05, 3.63) is 48.0 Å². The number of benzene rings is 1. The maximum atomic E-state index is 3.63. The molecule has 0 heterocycles. The van der Waals surface area contributed by atoms with Crippen molar-refractivity contribution in [2.75, 3.05) is 6.54 Å². The van der Waals surface area contributed by atoms with Crippen molar-refractivity contribution in [3.8, 4) is 0 Å². The van der Waals surface area contributed by atoms with Crippen LogP contribution in [0.3, 0.4) is 0 Å². The summed E-state index contributed by atoms with van der Waals surface area (Å²) in [5.41, 5.74) is 1.38. The molecule has 1 aromatic carbocycles. The maximum absolute atomic E-state index is 3.63. The molecule has 1 heteroatoms. The number of rotatable bonds is 4. The van der Waals surface area contributed by atoms with Crippen molar-refractivity contribution < 1.29 is 0 Å². The summed E-state index contributed by atoms with van der Waals surface area (Å²) in [5.74, 6) is 0.830. The average molecular weight is 215 g/mol. The predicted octanol–water partition coefficient (Wildman–Crippen LogP) is 3.69. The van der Waals surface area contributed by atoms with Gasteiger partial charge in [-0.3, -0.25) is 0 Å². The largest absolute Gasteiger partial charge is 0.310 e. The second-order valence-corrected chi connectivity index (χ2v) is 4.69. The van der Waals surface area contributed by atoms with Gasteiger partial charge in [0.1, 0.15) is 0 Å². The van der Waals surface area contributed by atoms with Crippen molar-refractivity contribution in [1.29, 1.82) is 0 Å². The van der Waals surface area contributed by atoms with Crippen LogP contribution in [0.5, 0.6) is 0 Å². The average Bonchev–Trinajstić information content (AvgIpc) is 2.38. The SMILES string of the molecule is C[C@H](NCC1CC=CCC1)c1ccccc1. The lowest BCUT2D eigenvalue weighted by atomic mass is 9.94. The zero-order valence-corrected chi connectivity index (χ0v) is 10.0. The van der Waals surface area contributed by atoms with Gasteiger partial charge in [-0.25, -0.2) is 0 Å². The first-order chi connectivity index (χ1) is 7.86. The number of allylic oxidation sites excluding steroid dienone is 2. The van der Waals surface area contributed by atoms with Gasteiger partial charge in [-0.05, 0) is 44.2 Å². The van der Waals surface area contributed by atoms with E-state index in [0.717, 1.165) is 12.5 Å². The Labute approximate surface area is 98.6 Å². The maximum Gasteiger partial charge on any atom is 0.0291 e. The smallest absolute Gasteiger partial charge is 0.0291 e. The van der Waals surface area contributed by atoms with Crippen molar-refractivity contribution >= 4 is 0 Å². The zero-order chi connectivity index (χ0) is 11.2. The summed E-state index contributed by atoms with van der Waals surface area (Å²) in [6.07, 6.45) is 8.46. The highest BCUT2D eigenvalue weighted by Crippen LogP contribution is 2.19. The minimum Gasteiger partial charge on any atom is -0.310 e. The highest BCUT2D eigenvalue weighted by atomic mass is 14.9. The van der Waals surface area contributed by atoms with Crippen LogP contribution in [0, 0.1) is 5.92 Å². The minimum atomic E-state index is 0.465. The molecule has 0 bridgehead atoms. The molecule has 0 fully saturated rings. The lowest BCUT2D eigenvalue weighted by Gasteiger charge is -2.21. The summed E-state index contributed by atoms with van der Waals surface area (Å²) < 4.78 is 0. The first-order valence-corrected chi connectivity index (χ1v) is 6.29. The summed E-state index contributed by atoms with van der Waals surface area (Å²) in [4.78, 5) is 0. The molecule has 0 spiro atoms. The van der Waals surface area contributed by atoms with Crippen LogP contribution in [-0.2, 0) is 0 Å². The summed E-state index contributed by atoms with van der Waals surface area (Å²) in [5, 5.41) is 3.63. The molecular formula is C15H21N. The lowest BCUT2D eigenvalue weighted by Crippen LogP contribution is -2.26. The van der Waals surface area contributed by atoms with Crippen molar-refractivity contribution in [2.45, 2.75) is 32.2 Å². The number of hydrogen-bond donors (Lipinski definition) is 1. The first kappa shape index (κ1) is 11.4. The molecule has 1 aliphatic rings. The second-order valence-electron chi connectivity index (χ2n) is 4.69. The predicted molar refractivity (Wildman–Crippen MR) is 69.3 cm³/mol. The van der Waals surface area contributed by atoms with E-state index in [-0.39, 0.29) is 0 Å². The fourth-order valence-corrected chi connectivity index (χ4v) is 2.24. The van der Waals surface area contributed by atoms with Crippen LogP contribution >= 0.6 is 0 Å². The molecule has 1 N–H and O–H groups in total. The van der Waals surface area contributed by atoms with Gasteiger partial charge in [-0.2, -0.15) is 0 Å². The molecule has 0 aromatic heterocycles. The summed E-state index contributed by atoms with van der Waals surface area (Å²) in [6, 6.07) is 11.1. The van der Waals surface area contributed by atoms with E-state index in [4.69, 9.17) is 0 Å². The van der Waals surface area contributed by atoms with Gasteiger partial charge in [0.15, 0.2) is 0 Å². The number of hydrogen-bond acceptors (Lipinski definition) is 1. The Hall–Kier alpha value is -1.08. The van der Waals surface area contributed by atoms with Crippen LogP contribution in [-0.4, -0.2) is 6.54 Å². The zero-order valence-electron chi connectivity index (χ0n) is 10.0. The van der Waals surface area contributed by atoms with Crippen molar-refractivity contribution in [3.63, 3.8) is 0 Å². The van der Waals surface area contributed by atoms with Crippen LogP contribution in [0.15, 0.2) is 42.5 Å². The van der Waals surface area contributed by atoms with E-state index in [2.05, 4.69) is 54.7 Å².